The van der Waals surface area contributed by atoms with Gasteiger partial charge in [0.05, 0.1) is 18.4 Å². The number of benzene rings is 1. The molecule has 2 aromatic rings. The highest BCUT2D eigenvalue weighted by Gasteiger charge is 2.18. The third kappa shape index (κ3) is 5.27. The Labute approximate surface area is 138 Å². The van der Waals surface area contributed by atoms with Gasteiger partial charge in [-0.3, -0.25) is 9.78 Å². The molecule has 128 valence electrons. The molecule has 0 spiro atoms. The second-order valence-corrected chi connectivity index (χ2v) is 5.10. The highest BCUT2D eigenvalue weighted by atomic mass is 19.1. The minimum atomic E-state index is -1.44. The van der Waals surface area contributed by atoms with Gasteiger partial charge in [-0.2, -0.15) is 0 Å². The van der Waals surface area contributed by atoms with Gasteiger partial charge in [-0.15, -0.1) is 0 Å². The maximum absolute atomic E-state index is 13.5. The number of hydrogen-bond acceptors (Lipinski definition) is 4. The molecule has 2 rings (SSSR count). The van der Waals surface area contributed by atoms with Crippen molar-refractivity contribution in [3.8, 4) is 5.75 Å². The van der Waals surface area contributed by atoms with E-state index >= 15 is 0 Å². The Balaban J connectivity index is 1.69. The van der Waals surface area contributed by atoms with Gasteiger partial charge < -0.3 is 15.2 Å². The average Bonchev–Trinajstić information content (AvgIpc) is 2.57. The van der Waals surface area contributed by atoms with Crippen molar-refractivity contribution in [2.45, 2.75) is 18.9 Å². The van der Waals surface area contributed by atoms with Crippen LogP contribution in [-0.2, 0) is 4.79 Å². The molecule has 24 heavy (non-hydrogen) atoms. The Morgan fingerprint density at radius 1 is 1.25 bits per heavy atom. The van der Waals surface area contributed by atoms with E-state index in [1.54, 1.807) is 24.5 Å². The molecule has 0 bridgehead atoms. The van der Waals surface area contributed by atoms with E-state index in [1.165, 1.54) is 6.07 Å². The molecular weight excluding hydrogens is 318 g/mol. The van der Waals surface area contributed by atoms with Crippen LogP contribution in [0.25, 0.3) is 0 Å². The van der Waals surface area contributed by atoms with E-state index in [4.69, 9.17) is 4.74 Å². The predicted molar refractivity (Wildman–Crippen MR) is 83.3 cm³/mol. The monoisotopic (exact) mass is 336 g/mol. The summed E-state index contributed by atoms with van der Waals surface area (Å²) in [6.07, 6.45) is 2.39. The van der Waals surface area contributed by atoms with Crippen LogP contribution in [0.3, 0.4) is 0 Å². The zero-order valence-corrected chi connectivity index (χ0v) is 12.9. The fraction of sp³-hybridized carbons (Fsp3) is 0.294. The largest absolute Gasteiger partial charge is 0.492 e. The molecule has 0 aliphatic carbocycles. The number of amides is 1. The van der Waals surface area contributed by atoms with Crippen molar-refractivity contribution in [2.75, 3.05) is 13.2 Å². The number of carbonyl (C=O) groups is 1. The topological polar surface area (TPSA) is 71.5 Å². The van der Waals surface area contributed by atoms with Gasteiger partial charge in [-0.05, 0) is 30.7 Å². The summed E-state index contributed by atoms with van der Waals surface area (Å²) in [4.78, 5) is 15.6. The van der Waals surface area contributed by atoms with Crippen molar-refractivity contribution in [3.05, 3.63) is 59.9 Å². The van der Waals surface area contributed by atoms with E-state index < -0.39 is 23.3 Å². The summed E-state index contributed by atoms with van der Waals surface area (Å²) >= 11 is 0. The van der Waals surface area contributed by atoms with Gasteiger partial charge in [0.15, 0.2) is 0 Å². The number of aliphatic hydroxyl groups is 1. The van der Waals surface area contributed by atoms with Gasteiger partial charge >= 0.3 is 0 Å². The number of ether oxygens (including phenoxy) is 1. The molecule has 0 saturated carbocycles. The standard InChI is InChI=1S/C17H18F2N2O3/c18-13-5-1-6-14(19)17(13)15(22)11-21-16(23)7-3-9-24-12-4-2-8-20-10-12/h1-2,4-6,8,10,15,22H,3,7,9,11H2,(H,21,23). The molecule has 0 radical (unpaired) electrons. The summed E-state index contributed by atoms with van der Waals surface area (Å²) < 4.78 is 32.4. The lowest BCUT2D eigenvalue weighted by atomic mass is 10.1. The number of nitrogens with one attached hydrogen (secondary N) is 1. The first-order valence-corrected chi connectivity index (χ1v) is 7.49. The Kier molecular flexibility index (Phi) is 6.62. The number of halogens is 2. The fourth-order valence-electron chi connectivity index (χ4n) is 2.09. The molecule has 0 fully saturated rings. The van der Waals surface area contributed by atoms with Crippen molar-refractivity contribution < 1.29 is 23.4 Å². The zero-order valence-electron chi connectivity index (χ0n) is 12.9. The SMILES string of the molecule is O=C(CCCOc1cccnc1)NCC(O)c1c(F)cccc1F. The summed E-state index contributed by atoms with van der Waals surface area (Å²) in [6.45, 7) is 0.0732. The number of hydrogen-bond donors (Lipinski definition) is 2. The molecular formula is C17H18F2N2O3. The molecule has 5 nitrogen and oxygen atoms in total. The highest BCUT2D eigenvalue weighted by Crippen LogP contribution is 2.19. The highest BCUT2D eigenvalue weighted by molar-refractivity contribution is 5.75. The van der Waals surface area contributed by atoms with Gasteiger partial charge in [0.1, 0.15) is 23.5 Å². The zero-order chi connectivity index (χ0) is 17.4. The van der Waals surface area contributed by atoms with Crippen LogP contribution in [0, 0.1) is 11.6 Å². The second-order valence-electron chi connectivity index (χ2n) is 5.10. The first-order chi connectivity index (χ1) is 11.6. The average molecular weight is 336 g/mol. The summed E-state index contributed by atoms with van der Waals surface area (Å²) in [5.74, 6) is -1.41. The van der Waals surface area contributed by atoms with Gasteiger partial charge in [-0.25, -0.2) is 8.78 Å². The van der Waals surface area contributed by atoms with E-state index in [1.807, 2.05) is 0 Å². The summed E-state index contributed by atoms with van der Waals surface area (Å²) in [6, 6.07) is 6.82. The molecule has 1 amide bonds. The molecule has 1 aromatic heterocycles. The van der Waals surface area contributed by atoms with Gasteiger partial charge in [0.25, 0.3) is 0 Å². The van der Waals surface area contributed by atoms with Crippen molar-refractivity contribution in [1.82, 2.24) is 10.3 Å². The fourth-order valence-corrected chi connectivity index (χ4v) is 2.09. The predicted octanol–water partition coefficient (Wildman–Crippen LogP) is 2.37. The summed E-state index contributed by atoms with van der Waals surface area (Å²) in [5.41, 5.74) is -0.447. The van der Waals surface area contributed by atoms with Crippen LogP contribution in [0.1, 0.15) is 24.5 Å². The minimum Gasteiger partial charge on any atom is -0.492 e. The van der Waals surface area contributed by atoms with Crippen molar-refractivity contribution >= 4 is 5.91 Å². The molecule has 1 heterocycles. The first-order valence-electron chi connectivity index (χ1n) is 7.49. The van der Waals surface area contributed by atoms with Gasteiger partial charge in [0.2, 0.25) is 5.91 Å². The lowest BCUT2D eigenvalue weighted by molar-refractivity contribution is -0.121. The maximum atomic E-state index is 13.5. The second kappa shape index (κ2) is 8.93. The van der Waals surface area contributed by atoms with Gasteiger partial charge in [0, 0.05) is 19.2 Å². The smallest absolute Gasteiger partial charge is 0.220 e. The normalized spacial score (nSPS) is 11.8. The van der Waals surface area contributed by atoms with Crippen molar-refractivity contribution in [3.63, 3.8) is 0 Å². The third-order valence-corrected chi connectivity index (χ3v) is 3.28. The number of pyridine rings is 1. The minimum absolute atomic E-state index is 0.173. The van der Waals surface area contributed by atoms with Crippen LogP contribution in [0.2, 0.25) is 0 Å². The molecule has 2 N–H and O–H groups in total. The lowest BCUT2D eigenvalue weighted by Crippen LogP contribution is -2.29. The van der Waals surface area contributed by atoms with Crippen LogP contribution in [0.5, 0.6) is 5.75 Å². The number of aliphatic hydroxyl groups excluding tert-OH is 1. The first kappa shape index (κ1) is 17.8. The number of aromatic nitrogens is 1. The van der Waals surface area contributed by atoms with E-state index in [9.17, 15) is 18.7 Å². The summed E-state index contributed by atoms with van der Waals surface area (Å²) in [5, 5.41) is 12.3. The molecule has 7 heteroatoms. The van der Waals surface area contributed by atoms with Crippen LogP contribution in [0.15, 0.2) is 42.7 Å². The quantitative estimate of drug-likeness (QED) is 0.726. The number of nitrogens with zero attached hydrogens (tertiary/aromatic N) is 1. The maximum Gasteiger partial charge on any atom is 0.220 e. The van der Waals surface area contributed by atoms with Gasteiger partial charge in [-0.1, -0.05) is 6.07 Å². The van der Waals surface area contributed by atoms with E-state index in [-0.39, 0.29) is 18.9 Å². The Hall–Kier alpha value is -2.54. The van der Waals surface area contributed by atoms with Crippen LogP contribution >= 0.6 is 0 Å². The Bertz CT molecular complexity index is 648. The van der Waals surface area contributed by atoms with Crippen molar-refractivity contribution in [2.24, 2.45) is 0 Å². The Morgan fingerprint density at radius 2 is 2.00 bits per heavy atom. The van der Waals surface area contributed by atoms with Crippen molar-refractivity contribution in [1.29, 1.82) is 0 Å². The molecule has 0 saturated heterocycles. The van der Waals surface area contributed by atoms with E-state index in [0.29, 0.717) is 18.8 Å². The number of carbonyl (C=O) groups excluding carboxylic acids is 1. The molecule has 1 aromatic carbocycles. The molecule has 1 atom stereocenters. The third-order valence-electron chi connectivity index (χ3n) is 3.28. The van der Waals surface area contributed by atoms with E-state index in [0.717, 1.165) is 12.1 Å². The van der Waals surface area contributed by atoms with Crippen LogP contribution in [0.4, 0.5) is 8.78 Å². The molecule has 0 aliphatic rings. The Morgan fingerprint density at radius 3 is 2.67 bits per heavy atom. The molecule has 0 aliphatic heterocycles. The molecule has 1 unspecified atom stereocenters. The van der Waals surface area contributed by atoms with Crippen LogP contribution in [-0.4, -0.2) is 29.1 Å². The lowest BCUT2D eigenvalue weighted by Gasteiger charge is -2.14. The number of rotatable bonds is 8. The van der Waals surface area contributed by atoms with Crippen LogP contribution < -0.4 is 10.1 Å². The summed E-state index contributed by atoms with van der Waals surface area (Å²) in [7, 11) is 0. The van der Waals surface area contributed by atoms with E-state index in [2.05, 4.69) is 10.3 Å².